The van der Waals surface area contributed by atoms with Crippen LogP contribution in [0.1, 0.15) is 13.8 Å². The second-order valence-electron chi connectivity index (χ2n) is 4.28. The number of hydrogen-bond acceptors (Lipinski definition) is 2. The first kappa shape index (κ1) is 18.0. The quantitative estimate of drug-likeness (QED) is 0.600. The van der Waals surface area contributed by atoms with Gasteiger partial charge >= 0.3 is 0 Å². The van der Waals surface area contributed by atoms with Crippen molar-refractivity contribution in [3.63, 3.8) is 0 Å². The molecule has 0 saturated heterocycles. The minimum atomic E-state index is -1.85. The highest BCUT2D eigenvalue weighted by molar-refractivity contribution is 6.68. The number of benzene rings is 1. The van der Waals surface area contributed by atoms with Gasteiger partial charge in [0, 0.05) is 10.9 Å². The third kappa shape index (κ3) is 5.38. The van der Waals surface area contributed by atoms with Crippen molar-refractivity contribution in [2.24, 2.45) is 5.92 Å². The van der Waals surface area contributed by atoms with E-state index in [2.05, 4.69) is 5.32 Å². The molecule has 1 N–H and O–H groups in total. The number of amides is 1. The molecule has 0 radical (unpaired) electrons. The molecule has 1 unspecified atom stereocenters. The lowest BCUT2D eigenvalue weighted by molar-refractivity contribution is -0.126. The molecule has 1 aromatic rings. The van der Waals surface area contributed by atoms with Gasteiger partial charge in [-0.15, -0.1) is 0 Å². The first-order chi connectivity index (χ1) is 9.11. The normalized spacial score (nSPS) is 13.2. The second-order valence-corrected chi connectivity index (χ2v) is 7.49. The fraction of sp³-hybridized carbons (Fsp3) is 0.417. The van der Waals surface area contributed by atoms with Crippen LogP contribution in [0.15, 0.2) is 18.2 Å². The van der Waals surface area contributed by atoms with E-state index in [-0.39, 0.29) is 22.6 Å². The van der Waals surface area contributed by atoms with Crippen LogP contribution in [0.2, 0.25) is 10.0 Å². The maximum Gasteiger partial charge on any atom is 0.246 e. The van der Waals surface area contributed by atoms with Crippen LogP contribution in [-0.2, 0) is 4.79 Å². The van der Waals surface area contributed by atoms with Crippen LogP contribution >= 0.6 is 58.0 Å². The lowest BCUT2D eigenvalue weighted by atomic mass is 10.2. The van der Waals surface area contributed by atoms with E-state index in [4.69, 9.17) is 62.7 Å². The summed E-state index contributed by atoms with van der Waals surface area (Å²) in [4.78, 5) is 11.7. The second kappa shape index (κ2) is 7.28. The zero-order valence-corrected chi connectivity index (χ0v) is 14.4. The number of carbonyl (C=O) groups excluding carboxylic acids is 1. The molecule has 1 rings (SSSR count). The molecule has 0 heterocycles. The molecular weight excluding hydrogens is 367 g/mol. The average Bonchev–Trinajstić information content (AvgIpc) is 2.29. The molecule has 0 spiro atoms. The fourth-order valence-electron chi connectivity index (χ4n) is 1.17. The van der Waals surface area contributed by atoms with Gasteiger partial charge in [0.2, 0.25) is 15.9 Å². The van der Waals surface area contributed by atoms with Gasteiger partial charge in [-0.25, -0.2) is 0 Å². The molecular formula is C12H12Cl5NO2. The topological polar surface area (TPSA) is 38.3 Å². The molecule has 1 amide bonds. The van der Waals surface area contributed by atoms with E-state index in [9.17, 15) is 4.79 Å². The summed E-state index contributed by atoms with van der Waals surface area (Å²) >= 11 is 29.2. The summed E-state index contributed by atoms with van der Waals surface area (Å²) in [5, 5.41) is 3.19. The smallest absolute Gasteiger partial charge is 0.246 e. The maximum atomic E-state index is 11.7. The number of hydrogen-bond donors (Lipinski definition) is 1. The number of nitrogens with one attached hydrogen (secondary N) is 1. The Hall–Kier alpha value is -0.0600. The van der Waals surface area contributed by atoms with Gasteiger partial charge in [0.05, 0.1) is 5.02 Å². The summed E-state index contributed by atoms with van der Waals surface area (Å²) in [7, 11) is 0. The minimum Gasteiger partial charge on any atom is -0.464 e. The highest BCUT2D eigenvalue weighted by atomic mass is 35.6. The van der Waals surface area contributed by atoms with Crippen LogP contribution in [0.4, 0.5) is 0 Å². The standard InChI is InChI=1S/C12H12Cl5NO2/c1-6(2)10(19)18-11(12(15,16)17)20-9-4-3-7(13)5-8(9)14/h3-6,11H,1-2H3,(H,18,19). The van der Waals surface area contributed by atoms with Crippen LogP contribution in [0, 0.1) is 5.92 Å². The zero-order valence-electron chi connectivity index (χ0n) is 10.6. The predicted molar refractivity (Wildman–Crippen MR) is 84.1 cm³/mol. The largest absolute Gasteiger partial charge is 0.464 e. The minimum absolute atomic E-state index is 0.246. The Kier molecular flexibility index (Phi) is 6.55. The van der Waals surface area contributed by atoms with E-state index >= 15 is 0 Å². The average molecular weight is 379 g/mol. The van der Waals surface area contributed by atoms with E-state index in [1.54, 1.807) is 19.9 Å². The molecule has 3 nitrogen and oxygen atoms in total. The molecule has 0 aliphatic heterocycles. The monoisotopic (exact) mass is 377 g/mol. The van der Waals surface area contributed by atoms with Gasteiger partial charge in [0.15, 0.2) is 0 Å². The lowest BCUT2D eigenvalue weighted by Gasteiger charge is -2.27. The molecule has 0 aromatic heterocycles. The Bertz CT molecular complexity index is 487. The highest BCUT2D eigenvalue weighted by Gasteiger charge is 2.36. The van der Waals surface area contributed by atoms with E-state index in [1.807, 2.05) is 0 Å². The van der Waals surface area contributed by atoms with Crippen molar-refractivity contribution in [1.29, 1.82) is 0 Å². The maximum absolute atomic E-state index is 11.7. The van der Waals surface area contributed by atoms with Gasteiger partial charge in [0.1, 0.15) is 5.75 Å². The summed E-state index contributed by atoms with van der Waals surface area (Å²) in [6, 6.07) is 4.58. The van der Waals surface area contributed by atoms with Gasteiger partial charge in [-0.2, -0.15) is 0 Å². The molecule has 112 valence electrons. The SMILES string of the molecule is CC(C)C(=O)NC(Oc1ccc(Cl)cc1Cl)C(Cl)(Cl)Cl. The Morgan fingerprint density at radius 3 is 2.30 bits per heavy atom. The van der Waals surface area contributed by atoms with Crippen LogP contribution < -0.4 is 10.1 Å². The van der Waals surface area contributed by atoms with Crippen molar-refractivity contribution in [1.82, 2.24) is 5.32 Å². The Morgan fingerprint density at radius 2 is 1.85 bits per heavy atom. The van der Waals surface area contributed by atoms with E-state index in [0.717, 1.165) is 0 Å². The predicted octanol–water partition coefficient (Wildman–Crippen LogP) is 4.84. The Labute approximate surface area is 142 Å². The summed E-state index contributed by atoms with van der Waals surface area (Å²) < 4.78 is 3.61. The number of halogens is 5. The molecule has 1 atom stereocenters. The highest BCUT2D eigenvalue weighted by Crippen LogP contribution is 2.35. The van der Waals surface area contributed by atoms with Crippen LogP contribution in [0.3, 0.4) is 0 Å². The first-order valence-electron chi connectivity index (χ1n) is 5.60. The van der Waals surface area contributed by atoms with Gasteiger partial charge in [-0.3, -0.25) is 4.79 Å². The zero-order chi connectivity index (χ0) is 15.5. The van der Waals surface area contributed by atoms with Crippen molar-refractivity contribution in [3.05, 3.63) is 28.2 Å². The molecule has 0 fully saturated rings. The summed E-state index contributed by atoms with van der Waals surface area (Å²) in [5.41, 5.74) is 0. The van der Waals surface area contributed by atoms with E-state index in [1.165, 1.54) is 12.1 Å². The lowest BCUT2D eigenvalue weighted by Crippen LogP contribution is -2.49. The molecule has 1 aromatic carbocycles. The van der Waals surface area contributed by atoms with Crippen molar-refractivity contribution < 1.29 is 9.53 Å². The molecule has 0 saturated carbocycles. The summed E-state index contributed by atoms with van der Waals surface area (Å²) in [5.74, 6) is -0.350. The fourth-order valence-corrected chi connectivity index (χ4v) is 1.92. The number of ether oxygens (including phenoxy) is 1. The molecule has 0 aliphatic rings. The molecule has 0 bridgehead atoms. The number of alkyl halides is 3. The van der Waals surface area contributed by atoms with Crippen LogP contribution in [0.25, 0.3) is 0 Å². The van der Waals surface area contributed by atoms with Gasteiger partial charge < -0.3 is 10.1 Å². The molecule has 20 heavy (non-hydrogen) atoms. The van der Waals surface area contributed by atoms with Crippen LogP contribution in [0.5, 0.6) is 5.75 Å². The van der Waals surface area contributed by atoms with Gasteiger partial charge in [-0.05, 0) is 18.2 Å². The van der Waals surface area contributed by atoms with Crippen molar-refractivity contribution in [2.45, 2.75) is 23.9 Å². The van der Waals surface area contributed by atoms with Gasteiger partial charge in [-0.1, -0.05) is 71.9 Å². The first-order valence-corrected chi connectivity index (χ1v) is 7.49. The van der Waals surface area contributed by atoms with Crippen molar-refractivity contribution in [3.8, 4) is 5.75 Å². The third-order valence-electron chi connectivity index (χ3n) is 2.23. The summed E-state index contributed by atoms with van der Waals surface area (Å²) in [6.07, 6.45) is -1.18. The van der Waals surface area contributed by atoms with Crippen molar-refractivity contribution >= 4 is 63.9 Å². The third-order valence-corrected chi connectivity index (χ3v) is 3.36. The van der Waals surface area contributed by atoms with Gasteiger partial charge in [0.25, 0.3) is 0 Å². The Morgan fingerprint density at radius 1 is 1.25 bits per heavy atom. The summed E-state index contributed by atoms with van der Waals surface area (Å²) in [6.45, 7) is 3.42. The molecule has 8 heteroatoms. The van der Waals surface area contributed by atoms with Crippen molar-refractivity contribution in [2.75, 3.05) is 0 Å². The number of carbonyl (C=O) groups is 1. The molecule has 0 aliphatic carbocycles. The van der Waals surface area contributed by atoms with E-state index in [0.29, 0.717) is 5.02 Å². The Balaban J connectivity index is 2.93. The van der Waals surface area contributed by atoms with E-state index < -0.39 is 10.0 Å². The van der Waals surface area contributed by atoms with Crippen LogP contribution in [-0.4, -0.2) is 15.9 Å². The number of rotatable bonds is 4.